The van der Waals surface area contributed by atoms with Crippen molar-refractivity contribution in [2.24, 2.45) is 5.73 Å². The number of esters is 1. The Labute approximate surface area is 210 Å². The van der Waals surface area contributed by atoms with E-state index in [4.69, 9.17) is 16.2 Å². The van der Waals surface area contributed by atoms with Gasteiger partial charge in [-0.15, -0.1) is 0 Å². The molecule has 0 bridgehead atoms. The van der Waals surface area contributed by atoms with Crippen LogP contribution in [0.1, 0.15) is 33.6 Å². The van der Waals surface area contributed by atoms with Gasteiger partial charge in [0.25, 0.3) is 5.91 Å². The summed E-state index contributed by atoms with van der Waals surface area (Å²) < 4.78 is 33.5. The van der Waals surface area contributed by atoms with Crippen LogP contribution in [0, 0.1) is 11.6 Å². The number of benzene rings is 3. The van der Waals surface area contributed by atoms with E-state index in [0.29, 0.717) is 35.1 Å². The second kappa shape index (κ2) is 9.90. The number of amides is 1. The largest absolute Gasteiger partial charge is 0.461 e. The molecule has 37 heavy (non-hydrogen) atoms. The summed E-state index contributed by atoms with van der Waals surface area (Å²) in [6, 6.07) is 14.7. The van der Waals surface area contributed by atoms with Gasteiger partial charge in [0, 0.05) is 30.6 Å². The van der Waals surface area contributed by atoms with Crippen molar-refractivity contribution in [3.05, 3.63) is 88.6 Å². The highest BCUT2D eigenvalue weighted by molar-refractivity contribution is 6.06. The Morgan fingerprint density at radius 2 is 1.68 bits per heavy atom. The maximum Gasteiger partial charge on any atom is 0.307 e. The van der Waals surface area contributed by atoms with Crippen LogP contribution in [0.5, 0.6) is 0 Å². The number of halogens is 2. The number of nitrogens with zero attached hydrogens (tertiary/aromatic N) is 3. The molecular weight excluding hydrogens is 480 g/mol. The number of nitrogen functional groups attached to an aromatic ring is 1. The standard InChI is InChI=1S/C27H23F2N5O3/c28-21-10-18(14-37-24(35)7-8-30)19(11-22(21)29)15-5-6-23-20(9-15)25(33-27(31)32-23)26(36)34-12-16-3-1-2-4-17(16)13-34/h1-6,9-11H,7-8,12-14,30H2,(H2,31,32,33). The fraction of sp³-hybridized carbons (Fsp3) is 0.185. The molecule has 0 radical (unpaired) electrons. The molecule has 0 atom stereocenters. The third-order valence-corrected chi connectivity index (χ3v) is 6.24. The predicted octanol–water partition coefficient (Wildman–Crippen LogP) is 3.71. The molecular formula is C27H23F2N5O3. The highest BCUT2D eigenvalue weighted by atomic mass is 19.2. The molecule has 4 aromatic rings. The summed E-state index contributed by atoms with van der Waals surface area (Å²) in [4.78, 5) is 35.5. The van der Waals surface area contributed by atoms with Crippen molar-refractivity contribution in [3.8, 4) is 11.1 Å². The van der Waals surface area contributed by atoms with E-state index in [0.717, 1.165) is 23.3 Å². The van der Waals surface area contributed by atoms with Gasteiger partial charge >= 0.3 is 5.97 Å². The van der Waals surface area contributed by atoms with E-state index in [2.05, 4.69) is 9.97 Å². The van der Waals surface area contributed by atoms with Gasteiger partial charge in [-0.1, -0.05) is 30.3 Å². The molecule has 4 N–H and O–H groups in total. The van der Waals surface area contributed by atoms with Crippen LogP contribution in [0.2, 0.25) is 0 Å². The summed E-state index contributed by atoms with van der Waals surface area (Å²) in [5.41, 5.74) is 14.9. The number of rotatable bonds is 6. The Hall–Kier alpha value is -4.44. The lowest BCUT2D eigenvalue weighted by Gasteiger charge is -2.17. The number of hydrogen-bond donors (Lipinski definition) is 2. The molecule has 1 aromatic heterocycles. The van der Waals surface area contributed by atoms with Crippen LogP contribution in [0.25, 0.3) is 22.0 Å². The second-order valence-electron chi connectivity index (χ2n) is 8.72. The molecule has 2 heterocycles. The molecule has 0 saturated heterocycles. The average molecular weight is 504 g/mol. The molecule has 3 aromatic carbocycles. The molecule has 1 aliphatic rings. The lowest BCUT2D eigenvalue weighted by molar-refractivity contribution is -0.144. The van der Waals surface area contributed by atoms with E-state index in [9.17, 15) is 18.4 Å². The van der Waals surface area contributed by atoms with Crippen LogP contribution < -0.4 is 11.5 Å². The van der Waals surface area contributed by atoms with Gasteiger partial charge in [0.1, 0.15) is 12.3 Å². The molecule has 0 spiro atoms. The first kappa shape index (κ1) is 24.3. The Kier molecular flexibility index (Phi) is 6.49. The van der Waals surface area contributed by atoms with Crippen LogP contribution in [0.4, 0.5) is 14.7 Å². The maximum absolute atomic E-state index is 14.3. The summed E-state index contributed by atoms with van der Waals surface area (Å²) in [6.45, 7) is 0.693. The SMILES string of the molecule is NCCC(=O)OCc1cc(F)c(F)cc1-c1ccc2nc(N)nc(C(=O)N3Cc4ccccc4C3)c2c1. The van der Waals surface area contributed by atoms with Crippen LogP contribution in [-0.4, -0.2) is 33.3 Å². The number of carbonyl (C=O) groups is 2. The Morgan fingerprint density at radius 1 is 0.973 bits per heavy atom. The lowest BCUT2D eigenvalue weighted by atomic mass is 9.97. The highest BCUT2D eigenvalue weighted by Gasteiger charge is 2.27. The normalized spacial score (nSPS) is 12.6. The van der Waals surface area contributed by atoms with Gasteiger partial charge in [-0.05, 0) is 46.5 Å². The first-order valence-corrected chi connectivity index (χ1v) is 11.6. The van der Waals surface area contributed by atoms with Crippen molar-refractivity contribution >= 4 is 28.7 Å². The van der Waals surface area contributed by atoms with Gasteiger partial charge in [-0.2, -0.15) is 0 Å². The van der Waals surface area contributed by atoms with Gasteiger partial charge in [0.15, 0.2) is 11.6 Å². The van der Waals surface area contributed by atoms with Crippen LogP contribution in [0.3, 0.4) is 0 Å². The van der Waals surface area contributed by atoms with E-state index in [1.165, 1.54) is 0 Å². The van der Waals surface area contributed by atoms with E-state index in [1.807, 2.05) is 24.3 Å². The van der Waals surface area contributed by atoms with Crippen LogP contribution in [0.15, 0.2) is 54.6 Å². The minimum absolute atomic E-state index is 0.000411. The third-order valence-electron chi connectivity index (χ3n) is 6.24. The Morgan fingerprint density at radius 3 is 2.38 bits per heavy atom. The summed E-state index contributed by atoms with van der Waals surface area (Å²) in [6.07, 6.45) is -0.000411. The van der Waals surface area contributed by atoms with E-state index in [-0.39, 0.29) is 42.7 Å². The monoisotopic (exact) mass is 503 g/mol. The van der Waals surface area contributed by atoms with Crippen LogP contribution in [-0.2, 0) is 29.2 Å². The van der Waals surface area contributed by atoms with Gasteiger partial charge in [0.2, 0.25) is 5.95 Å². The summed E-state index contributed by atoms with van der Waals surface area (Å²) in [5, 5.41) is 0.406. The summed E-state index contributed by atoms with van der Waals surface area (Å²) in [7, 11) is 0. The maximum atomic E-state index is 14.3. The smallest absolute Gasteiger partial charge is 0.307 e. The molecule has 0 fully saturated rings. The van der Waals surface area contributed by atoms with E-state index < -0.39 is 17.6 Å². The fourth-order valence-electron chi connectivity index (χ4n) is 4.43. The van der Waals surface area contributed by atoms with Crippen LogP contribution >= 0.6 is 0 Å². The van der Waals surface area contributed by atoms with Crippen molar-refractivity contribution < 1.29 is 23.1 Å². The number of carbonyl (C=O) groups excluding carboxylic acids is 2. The molecule has 188 valence electrons. The zero-order valence-corrected chi connectivity index (χ0v) is 19.7. The minimum Gasteiger partial charge on any atom is -0.461 e. The first-order valence-electron chi connectivity index (χ1n) is 11.6. The quantitative estimate of drug-likeness (QED) is 0.385. The zero-order valence-electron chi connectivity index (χ0n) is 19.7. The number of fused-ring (bicyclic) bond motifs is 2. The number of nitrogens with two attached hydrogens (primary N) is 2. The van der Waals surface area contributed by atoms with E-state index in [1.54, 1.807) is 23.1 Å². The molecule has 1 amide bonds. The number of hydrogen-bond acceptors (Lipinski definition) is 7. The second-order valence-corrected chi connectivity index (χ2v) is 8.72. The molecule has 8 nitrogen and oxygen atoms in total. The first-order chi connectivity index (χ1) is 17.8. The third kappa shape index (κ3) is 4.83. The zero-order chi connectivity index (χ0) is 26.1. The topological polar surface area (TPSA) is 124 Å². The van der Waals surface area contributed by atoms with Crippen molar-refractivity contribution in [2.45, 2.75) is 26.1 Å². The lowest BCUT2D eigenvalue weighted by Crippen LogP contribution is -2.27. The fourth-order valence-corrected chi connectivity index (χ4v) is 4.43. The molecule has 0 saturated carbocycles. The highest BCUT2D eigenvalue weighted by Crippen LogP contribution is 2.32. The number of anilines is 1. The van der Waals surface area contributed by atoms with Gasteiger partial charge in [-0.25, -0.2) is 18.7 Å². The van der Waals surface area contributed by atoms with Gasteiger partial charge in [-0.3, -0.25) is 9.59 Å². The molecule has 10 heteroatoms. The number of ether oxygens (including phenoxy) is 1. The van der Waals surface area contributed by atoms with Crippen molar-refractivity contribution in [1.29, 1.82) is 0 Å². The average Bonchev–Trinajstić information content (AvgIpc) is 3.32. The predicted molar refractivity (Wildman–Crippen MR) is 133 cm³/mol. The van der Waals surface area contributed by atoms with Crippen molar-refractivity contribution in [3.63, 3.8) is 0 Å². The van der Waals surface area contributed by atoms with Gasteiger partial charge < -0.3 is 21.1 Å². The molecule has 0 unspecified atom stereocenters. The molecule has 5 rings (SSSR count). The van der Waals surface area contributed by atoms with Crippen molar-refractivity contribution in [1.82, 2.24) is 14.9 Å². The summed E-state index contributed by atoms with van der Waals surface area (Å²) in [5.74, 6) is -3.07. The Bertz CT molecular complexity index is 1520. The molecule has 1 aliphatic heterocycles. The van der Waals surface area contributed by atoms with Gasteiger partial charge in [0.05, 0.1) is 11.9 Å². The molecule has 0 aliphatic carbocycles. The number of aromatic nitrogens is 2. The van der Waals surface area contributed by atoms with E-state index >= 15 is 0 Å². The summed E-state index contributed by atoms with van der Waals surface area (Å²) >= 11 is 0. The Balaban J connectivity index is 1.55. The minimum atomic E-state index is -1.07. The van der Waals surface area contributed by atoms with Crippen molar-refractivity contribution in [2.75, 3.05) is 12.3 Å².